The number of carbonyl (C=O) groups is 2. The van der Waals surface area contributed by atoms with Crippen molar-refractivity contribution in [2.24, 2.45) is 5.92 Å². The monoisotopic (exact) mass is 656 g/mol. The molecule has 2 fully saturated rings. The van der Waals surface area contributed by atoms with Crippen molar-refractivity contribution in [3.8, 4) is 0 Å². The van der Waals surface area contributed by atoms with Gasteiger partial charge in [0.1, 0.15) is 5.84 Å². The molecule has 2 aromatic carbocycles. The Bertz CT molecular complexity index is 1220. The van der Waals surface area contributed by atoms with Gasteiger partial charge in [0.15, 0.2) is 5.78 Å². The van der Waals surface area contributed by atoms with Crippen molar-refractivity contribution < 1.29 is 19.1 Å². The summed E-state index contributed by atoms with van der Waals surface area (Å²) in [5.41, 5.74) is 4.00. The Morgan fingerprint density at radius 2 is 1.65 bits per heavy atom. The van der Waals surface area contributed by atoms with Crippen LogP contribution in [0.25, 0.3) is 0 Å². The molecular formula is C34H49BrN4O4. The molecule has 2 atom stereocenters. The van der Waals surface area contributed by atoms with Crippen molar-refractivity contribution in [2.75, 3.05) is 66.1 Å². The summed E-state index contributed by atoms with van der Waals surface area (Å²) >= 11 is 0. The minimum atomic E-state index is -0.168. The number of amidine groups is 1. The van der Waals surface area contributed by atoms with E-state index in [2.05, 4.69) is 48.8 Å². The quantitative estimate of drug-likeness (QED) is 0.250. The highest BCUT2D eigenvalue weighted by Crippen LogP contribution is 2.36. The van der Waals surface area contributed by atoms with E-state index in [4.69, 9.17) is 14.9 Å². The lowest BCUT2D eigenvalue weighted by Crippen LogP contribution is -2.47. The number of halogens is 1. The molecule has 2 aromatic rings. The lowest BCUT2D eigenvalue weighted by atomic mass is 9.84. The minimum absolute atomic E-state index is 0. The third-order valence-corrected chi connectivity index (χ3v) is 8.46. The molecule has 0 aliphatic carbocycles. The van der Waals surface area contributed by atoms with Crippen LogP contribution in [-0.4, -0.2) is 98.4 Å². The van der Waals surface area contributed by atoms with Crippen LogP contribution in [0.3, 0.4) is 0 Å². The number of likely N-dealkylation sites (tertiary alicyclic amines) is 1. The number of hydrogen-bond acceptors (Lipinski definition) is 7. The van der Waals surface area contributed by atoms with Gasteiger partial charge in [-0.1, -0.05) is 57.2 Å². The van der Waals surface area contributed by atoms with E-state index in [0.29, 0.717) is 37.7 Å². The van der Waals surface area contributed by atoms with E-state index in [-0.39, 0.29) is 52.5 Å². The second kappa shape index (κ2) is 15.9. The van der Waals surface area contributed by atoms with Gasteiger partial charge in [-0.15, -0.1) is 17.0 Å². The number of rotatable bonds is 12. The van der Waals surface area contributed by atoms with Crippen molar-refractivity contribution in [2.45, 2.75) is 52.0 Å². The first-order valence-electron chi connectivity index (χ1n) is 15.2. The van der Waals surface area contributed by atoms with Crippen molar-refractivity contribution >= 4 is 34.6 Å². The second-order valence-electron chi connectivity index (χ2n) is 12.6. The van der Waals surface area contributed by atoms with E-state index < -0.39 is 0 Å². The third kappa shape index (κ3) is 9.45. The van der Waals surface area contributed by atoms with Gasteiger partial charge in [0.25, 0.3) is 0 Å². The number of hydrogen-bond donors (Lipinski definition) is 1. The Balaban J connectivity index is 0.00000506. The van der Waals surface area contributed by atoms with Crippen molar-refractivity contribution in [3.05, 3.63) is 70.8 Å². The molecule has 1 N–H and O–H groups in total. The molecule has 0 spiro atoms. The molecular weight excluding hydrogens is 608 g/mol. The average molecular weight is 658 g/mol. The molecule has 2 aliphatic heterocycles. The van der Waals surface area contributed by atoms with E-state index in [1.807, 2.05) is 42.2 Å². The normalized spacial score (nSPS) is 19.7. The van der Waals surface area contributed by atoms with Crippen LogP contribution in [0.5, 0.6) is 0 Å². The highest BCUT2D eigenvalue weighted by Gasteiger charge is 2.39. The molecule has 0 bridgehead atoms. The van der Waals surface area contributed by atoms with Crippen LogP contribution >= 0.6 is 17.0 Å². The van der Waals surface area contributed by atoms with Crippen LogP contribution in [0.1, 0.15) is 67.1 Å². The molecule has 43 heavy (non-hydrogen) atoms. The standard InChI is InChI=1S/C34H48N4O4.BrH/c1-6-42-31(40)24-37-15-13-36(14-16-37)21-25-18-28(20-29(19-25)34(2,3)4)30(39)23-38-22-27(12-17-41-5)32(33(38)35)26-10-8-7-9-11-26;/h7-11,18-20,27,32,35H,6,12-17,21-24H2,1-5H3;1H/t27-,32+;/m0./s1. The number of ether oxygens (including phenoxy) is 2. The Hall–Kier alpha value is -2.59. The number of carbonyl (C=O) groups excluding carboxylic acids is 2. The van der Waals surface area contributed by atoms with E-state index >= 15 is 0 Å². The maximum atomic E-state index is 13.8. The third-order valence-electron chi connectivity index (χ3n) is 8.46. The van der Waals surface area contributed by atoms with Gasteiger partial charge in [-0.25, -0.2) is 0 Å². The number of nitrogens with one attached hydrogen (secondary N) is 1. The highest BCUT2D eigenvalue weighted by molar-refractivity contribution is 8.93. The lowest BCUT2D eigenvalue weighted by molar-refractivity contribution is -0.144. The zero-order valence-electron chi connectivity index (χ0n) is 26.4. The summed E-state index contributed by atoms with van der Waals surface area (Å²) in [7, 11) is 1.71. The molecule has 0 saturated carbocycles. The number of nitrogens with zero attached hydrogens (tertiary/aromatic N) is 3. The zero-order valence-corrected chi connectivity index (χ0v) is 28.1. The number of methoxy groups -OCH3 is 1. The molecule has 9 heteroatoms. The van der Waals surface area contributed by atoms with Crippen LogP contribution < -0.4 is 0 Å². The van der Waals surface area contributed by atoms with Gasteiger partial charge in [-0.2, -0.15) is 0 Å². The number of benzene rings is 2. The summed E-state index contributed by atoms with van der Waals surface area (Å²) in [5, 5.41) is 9.05. The fraction of sp³-hybridized carbons (Fsp3) is 0.559. The van der Waals surface area contributed by atoms with Crippen molar-refractivity contribution in [1.82, 2.24) is 14.7 Å². The first-order chi connectivity index (χ1) is 20.1. The van der Waals surface area contributed by atoms with Crippen LogP contribution in [0.15, 0.2) is 48.5 Å². The Labute approximate surface area is 268 Å². The van der Waals surface area contributed by atoms with Crippen LogP contribution in [0.2, 0.25) is 0 Å². The predicted molar refractivity (Wildman–Crippen MR) is 177 cm³/mol. The topological polar surface area (TPSA) is 86.2 Å². The van der Waals surface area contributed by atoms with Crippen molar-refractivity contribution in [3.63, 3.8) is 0 Å². The van der Waals surface area contributed by atoms with E-state index in [9.17, 15) is 9.59 Å². The zero-order chi connectivity index (χ0) is 30.3. The summed E-state index contributed by atoms with van der Waals surface area (Å²) in [6, 6.07) is 16.5. The van der Waals surface area contributed by atoms with Gasteiger partial charge in [0.2, 0.25) is 0 Å². The largest absolute Gasteiger partial charge is 0.465 e. The fourth-order valence-electron chi connectivity index (χ4n) is 6.07. The van der Waals surface area contributed by atoms with Crippen LogP contribution in [-0.2, 0) is 26.2 Å². The number of Topliss-reactive ketones (excluding diaryl/α,β-unsaturated/α-hetero) is 1. The van der Waals surface area contributed by atoms with Gasteiger partial charge in [-0.05, 0) is 53.5 Å². The molecule has 0 radical (unpaired) electrons. The Morgan fingerprint density at radius 1 is 0.977 bits per heavy atom. The van der Waals surface area contributed by atoms with Gasteiger partial charge in [0.05, 0.1) is 19.7 Å². The van der Waals surface area contributed by atoms with E-state index in [0.717, 1.165) is 55.8 Å². The smallest absolute Gasteiger partial charge is 0.320 e. The Morgan fingerprint density at radius 3 is 2.28 bits per heavy atom. The first-order valence-corrected chi connectivity index (χ1v) is 15.2. The molecule has 0 amide bonds. The molecule has 2 heterocycles. The molecule has 236 valence electrons. The van der Waals surface area contributed by atoms with Gasteiger partial charge < -0.3 is 14.4 Å². The first kappa shape index (κ1) is 34.9. The molecule has 2 aliphatic rings. The van der Waals surface area contributed by atoms with Crippen molar-refractivity contribution in [1.29, 1.82) is 5.41 Å². The van der Waals surface area contributed by atoms with E-state index in [1.54, 1.807) is 7.11 Å². The van der Waals surface area contributed by atoms with Gasteiger partial charge >= 0.3 is 5.97 Å². The number of piperazine rings is 1. The SMILES string of the molecule is Br.CCOC(=O)CN1CCN(Cc2cc(C(=O)CN3C[C@H](CCOC)[C@@H](c4ccccc4)C3=N)cc(C(C)(C)C)c2)CC1. The Kier molecular flexibility index (Phi) is 12.9. The average Bonchev–Trinajstić information content (AvgIpc) is 3.27. The summed E-state index contributed by atoms with van der Waals surface area (Å²) < 4.78 is 10.5. The summed E-state index contributed by atoms with van der Waals surface area (Å²) in [5.74, 6) is 0.590. The number of ketones is 1. The fourth-order valence-corrected chi connectivity index (χ4v) is 6.07. The van der Waals surface area contributed by atoms with E-state index in [1.165, 1.54) is 0 Å². The van der Waals surface area contributed by atoms with Crippen LogP contribution in [0.4, 0.5) is 0 Å². The van der Waals surface area contributed by atoms with Gasteiger partial charge in [-0.3, -0.25) is 24.8 Å². The number of esters is 1. The van der Waals surface area contributed by atoms with Gasteiger partial charge in [0, 0.05) is 64.5 Å². The minimum Gasteiger partial charge on any atom is -0.465 e. The summed E-state index contributed by atoms with van der Waals surface area (Å²) in [6.07, 6.45) is 0.847. The summed E-state index contributed by atoms with van der Waals surface area (Å²) in [4.78, 5) is 32.2. The highest BCUT2D eigenvalue weighted by atomic mass is 79.9. The summed E-state index contributed by atoms with van der Waals surface area (Å²) in [6.45, 7) is 14.7. The van der Waals surface area contributed by atoms with Crippen LogP contribution in [0, 0.1) is 11.3 Å². The molecule has 0 unspecified atom stereocenters. The lowest BCUT2D eigenvalue weighted by Gasteiger charge is -2.34. The molecule has 0 aromatic heterocycles. The molecule has 4 rings (SSSR count). The maximum absolute atomic E-state index is 13.8. The maximum Gasteiger partial charge on any atom is 0.320 e. The second-order valence-corrected chi connectivity index (χ2v) is 12.6. The predicted octanol–water partition coefficient (Wildman–Crippen LogP) is 5.15. The molecule has 8 nitrogen and oxygen atoms in total. The molecule has 2 saturated heterocycles.